The number of carboxylic acids is 1. The maximum absolute atomic E-state index is 13.1. The number of sulfonamides is 1. The average molecular weight is 377 g/mol. The van der Waals surface area contributed by atoms with Gasteiger partial charge in [-0.2, -0.15) is 0 Å². The molecule has 0 aromatic heterocycles. The Morgan fingerprint density at radius 1 is 1.04 bits per heavy atom. The number of rotatable bonds is 5. The SMILES string of the molecule is Cc1cc(C)cc(N(CC(=O)O)S(=O)(=O)c2ccc3c(c2)OCCO3)c1. The first-order chi connectivity index (χ1) is 12.3. The van der Waals surface area contributed by atoms with Crippen LogP contribution in [-0.2, 0) is 14.8 Å². The highest BCUT2D eigenvalue weighted by atomic mass is 32.2. The van der Waals surface area contributed by atoms with Crippen LogP contribution in [0.2, 0.25) is 0 Å². The van der Waals surface area contributed by atoms with Crippen molar-refractivity contribution in [1.29, 1.82) is 0 Å². The van der Waals surface area contributed by atoms with E-state index in [1.807, 2.05) is 19.9 Å². The summed E-state index contributed by atoms with van der Waals surface area (Å²) in [4.78, 5) is 11.3. The van der Waals surface area contributed by atoms with Crippen LogP contribution in [0.4, 0.5) is 5.69 Å². The van der Waals surface area contributed by atoms with E-state index in [0.29, 0.717) is 30.4 Å². The van der Waals surface area contributed by atoms with Gasteiger partial charge in [0.15, 0.2) is 11.5 Å². The zero-order chi connectivity index (χ0) is 18.9. The molecular formula is C18H19NO6S. The number of fused-ring (bicyclic) bond motifs is 1. The minimum Gasteiger partial charge on any atom is -0.486 e. The second-order valence-corrected chi connectivity index (χ2v) is 7.92. The van der Waals surface area contributed by atoms with Gasteiger partial charge in [0.1, 0.15) is 19.8 Å². The largest absolute Gasteiger partial charge is 0.486 e. The molecule has 1 heterocycles. The molecular weight excluding hydrogens is 358 g/mol. The molecule has 26 heavy (non-hydrogen) atoms. The van der Waals surface area contributed by atoms with Crippen LogP contribution in [0, 0.1) is 13.8 Å². The molecule has 0 saturated carbocycles. The number of carboxylic acid groups (broad SMARTS) is 1. The Morgan fingerprint density at radius 3 is 2.27 bits per heavy atom. The van der Waals surface area contributed by atoms with E-state index in [0.717, 1.165) is 15.4 Å². The first-order valence-electron chi connectivity index (χ1n) is 8.00. The molecule has 3 rings (SSSR count). The number of anilines is 1. The molecule has 0 spiro atoms. The summed E-state index contributed by atoms with van der Waals surface area (Å²) in [6.45, 7) is 3.69. The van der Waals surface area contributed by atoms with E-state index in [-0.39, 0.29) is 4.90 Å². The van der Waals surface area contributed by atoms with Gasteiger partial charge in [0, 0.05) is 6.07 Å². The van der Waals surface area contributed by atoms with Crippen molar-refractivity contribution in [2.24, 2.45) is 0 Å². The van der Waals surface area contributed by atoms with Gasteiger partial charge in [-0.25, -0.2) is 8.42 Å². The zero-order valence-electron chi connectivity index (χ0n) is 14.4. The zero-order valence-corrected chi connectivity index (χ0v) is 15.2. The Kier molecular flexibility index (Phi) is 4.78. The molecule has 2 aromatic rings. The van der Waals surface area contributed by atoms with Crippen LogP contribution < -0.4 is 13.8 Å². The fraction of sp³-hybridized carbons (Fsp3) is 0.278. The second kappa shape index (κ2) is 6.87. The van der Waals surface area contributed by atoms with Crippen molar-refractivity contribution < 1.29 is 27.8 Å². The van der Waals surface area contributed by atoms with E-state index in [1.54, 1.807) is 12.1 Å². The van der Waals surface area contributed by atoms with Crippen LogP contribution in [0.3, 0.4) is 0 Å². The van der Waals surface area contributed by atoms with E-state index in [4.69, 9.17) is 9.47 Å². The summed E-state index contributed by atoms with van der Waals surface area (Å²) in [6.07, 6.45) is 0. The van der Waals surface area contributed by atoms with Crippen LogP contribution in [0.15, 0.2) is 41.3 Å². The van der Waals surface area contributed by atoms with Crippen molar-refractivity contribution in [3.8, 4) is 11.5 Å². The van der Waals surface area contributed by atoms with Gasteiger partial charge in [-0.3, -0.25) is 9.10 Å². The van der Waals surface area contributed by atoms with Crippen molar-refractivity contribution in [3.05, 3.63) is 47.5 Å². The number of carbonyl (C=O) groups is 1. The molecule has 1 aliphatic rings. The minimum absolute atomic E-state index is 0.0536. The summed E-state index contributed by atoms with van der Waals surface area (Å²) >= 11 is 0. The molecule has 0 saturated heterocycles. The Labute approximate surface area is 151 Å². The molecule has 0 aliphatic carbocycles. The molecule has 1 aliphatic heterocycles. The fourth-order valence-corrected chi connectivity index (χ4v) is 4.26. The lowest BCUT2D eigenvalue weighted by atomic mass is 10.1. The first-order valence-corrected chi connectivity index (χ1v) is 9.44. The number of nitrogens with zero attached hydrogens (tertiary/aromatic N) is 1. The highest BCUT2D eigenvalue weighted by molar-refractivity contribution is 7.92. The second-order valence-electron chi connectivity index (χ2n) is 6.06. The summed E-state index contributed by atoms with van der Waals surface area (Å²) in [5, 5.41) is 9.24. The molecule has 0 radical (unpaired) electrons. The molecule has 0 bridgehead atoms. The minimum atomic E-state index is -4.10. The van der Waals surface area contributed by atoms with E-state index in [1.165, 1.54) is 18.2 Å². The lowest BCUT2D eigenvalue weighted by Gasteiger charge is -2.25. The molecule has 0 fully saturated rings. The third-order valence-corrected chi connectivity index (χ3v) is 5.64. The van der Waals surface area contributed by atoms with Crippen LogP contribution in [0.25, 0.3) is 0 Å². The van der Waals surface area contributed by atoms with Gasteiger partial charge in [-0.05, 0) is 49.2 Å². The molecule has 2 aromatic carbocycles. The maximum Gasteiger partial charge on any atom is 0.324 e. The monoisotopic (exact) mass is 377 g/mol. The van der Waals surface area contributed by atoms with E-state index >= 15 is 0 Å². The third kappa shape index (κ3) is 3.60. The average Bonchev–Trinajstić information content (AvgIpc) is 2.58. The summed E-state index contributed by atoms with van der Waals surface area (Å²) in [5.41, 5.74) is 1.99. The highest BCUT2D eigenvalue weighted by Crippen LogP contribution is 2.34. The Bertz CT molecular complexity index is 934. The summed E-state index contributed by atoms with van der Waals surface area (Å²) in [6, 6.07) is 9.44. The molecule has 0 unspecified atom stereocenters. The Morgan fingerprint density at radius 2 is 1.65 bits per heavy atom. The summed E-state index contributed by atoms with van der Waals surface area (Å²) in [5.74, 6) is -0.454. The standard InChI is InChI=1S/C18H19NO6S/c1-12-7-13(2)9-14(8-12)19(11-18(20)21)26(22,23)15-3-4-16-17(10-15)25-6-5-24-16/h3-4,7-10H,5-6,11H2,1-2H3,(H,20,21). The fourth-order valence-electron chi connectivity index (χ4n) is 2.84. The lowest BCUT2D eigenvalue weighted by molar-refractivity contribution is -0.135. The first kappa shape index (κ1) is 18.1. The summed E-state index contributed by atoms with van der Waals surface area (Å²) in [7, 11) is -4.10. The van der Waals surface area contributed by atoms with E-state index in [9.17, 15) is 18.3 Å². The molecule has 1 N–H and O–H groups in total. The molecule has 7 nitrogen and oxygen atoms in total. The van der Waals surface area contributed by atoms with Crippen molar-refractivity contribution in [3.63, 3.8) is 0 Å². The van der Waals surface area contributed by atoms with Crippen LogP contribution in [0.1, 0.15) is 11.1 Å². The van der Waals surface area contributed by atoms with Gasteiger partial charge in [0.2, 0.25) is 0 Å². The number of aryl methyl sites for hydroxylation is 2. The van der Waals surface area contributed by atoms with Crippen molar-refractivity contribution in [2.75, 3.05) is 24.1 Å². The predicted octanol–water partition coefficient (Wildman–Crippen LogP) is 2.35. The number of hydrogen-bond acceptors (Lipinski definition) is 5. The number of aliphatic carboxylic acids is 1. The van der Waals surface area contributed by atoms with Gasteiger partial charge in [-0.15, -0.1) is 0 Å². The Hall–Kier alpha value is -2.74. The van der Waals surface area contributed by atoms with Gasteiger partial charge in [-0.1, -0.05) is 6.07 Å². The van der Waals surface area contributed by atoms with Gasteiger partial charge in [0.05, 0.1) is 10.6 Å². The summed E-state index contributed by atoms with van der Waals surface area (Å²) < 4.78 is 38.0. The predicted molar refractivity (Wildman–Crippen MR) is 95.5 cm³/mol. The molecule has 8 heteroatoms. The van der Waals surface area contributed by atoms with Crippen molar-refractivity contribution in [1.82, 2.24) is 0 Å². The van der Waals surface area contributed by atoms with Crippen molar-refractivity contribution >= 4 is 21.7 Å². The quantitative estimate of drug-likeness (QED) is 0.860. The van der Waals surface area contributed by atoms with E-state index < -0.39 is 22.5 Å². The molecule has 0 atom stereocenters. The number of ether oxygens (including phenoxy) is 2. The van der Waals surface area contributed by atoms with Crippen molar-refractivity contribution in [2.45, 2.75) is 18.7 Å². The number of hydrogen-bond donors (Lipinski definition) is 1. The molecule has 0 amide bonds. The third-order valence-electron chi connectivity index (χ3n) is 3.87. The van der Waals surface area contributed by atoms with Crippen LogP contribution >= 0.6 is 0 Å². The molecule has 138 valence electrons. The number of benzene rings is 2. The normalized spacial score (nSPS) is 13.3. The van der Waals surface area contributed by atoms with Crippen LogP contribution in [-0.4, -0.2) is 39.3 Å². The van der Waals surface area contributed by atoms with Gasteiger partial charge in [0.25, 0.3) is 10.0 Å². The van der Waals surface area contributed by atoms with Gasteiger partial charge >= 0.3 is 5.97 Å². The maximum atomic E-state index is 13.1. The highest BCUT2D eigenvalue weighted by Gasteiger charge is 2.29. The van der Waals surface area contributed by atoms with E-state index in [2.05, 4.69) is 0 Å². The topological polar surface area (TPSA) is 93.1 Å². The van der Waals surface area contributed by atoms with Crippen LogP contribution in [0.5, 0.6) is 11.5 Å². The Balaban J connectivity index is 2.08. The van der Waals surface area contributed by atoms with Gasteiger partial charge < -0.3 is 14.6 Å². The smallest absolute Gasteiger partial charge is 0.324 e. The lowest BCUT2D eigenvalue weighted by Crippen LogP contribution is -2.36.